The first-order valence-electron chi connectivity index (χ1n) is 4.70. The maximum absolute atomic E-state index is 11.8. The summed E-state index contributed by atoms with van der Waals surface area (Å²) in [5, 5.41) is 0. The predicted molar refractivity (Wildman–Crippen MR) is 67.4 cm³/mol. The van der Waals surface area contributed by atoms with Crippen molar-refractivity contribution in [1.82, 2.24) is 9.29 Å². The number of aromatic nitrogens is 1. The quantitative estimate of drug-likeness (QED) is 0.923. The summed E-state index contributed by atoms with van der Waals surface area (Å²) >= 11 is 3.23. The van der Waals surface area contributed by atoms with Crippen molar-refractivity contribution in [3.05, 3.63) is 22.8 Å². The summed E-state index contributed by atoms with van der Waals surface area (Å²) in [5.74, 6) is 0.302. The molecule has 1 rings (SSSR count). The fourth-order valence-electron chi connectivity index (χ4n) is 0.918. The molecule has 16 heavy (non-hydrogen) atoms. The summed E-state index contributed by atoms with van der Waals surface area (Å²) in [4.78, 5) is 3.94. The molecule has 0 unspecified atom stereocenters. The van der Waals surface area contributed by atoms with Crippen molar-refractivity contribution in [2.75, 3.05) is 11.8 Å². The fraction of sp³-hybridized carbons (Fsp3) is 0.444. The SMILES string of the molecule is CC(C)N(C)S(=O)(=O)Nc1ccc(Br)cn1. The van der Waals surface area contributed by atoms with E-state index in [1.54, 1.807) is 26.0 Å². The molecule has 0 radical (unpaired) electrons. The van der Waals surface area contributed by atoms with Crippen LogP contribution in [0.5, 0.6) is 0 Å². The first-order chi connectivity index (χ1) is 7.33. The number of hydrogen-bond acceptors (Lipinski definition) is 3. The van der Waals surface area contributed by atoms with Gasteiger partial charge in [-0.1, -0.05) is 0 Å². The van der Waals surface area contributed by atoms with Gasteiger partial charge in [0.05, 0.1) is 0 Å². The Morgan fingerprint density at radius 2 is 2.06 bits per heavy atom. The van der Waals surface area contributed by atoms with Crippen LogP contribution in [0.15, 0.2) is 22.8 Å². The standard InChI is InChI=1S/C9H14BrN3O2S/c1-7(2)13(3)16(14,15)12-9-5-4-8(10)6-11-9/h4-7H,1-3H3,(H,11,12). The molecule has 0 atom stereocenters. The molecule has 0 saturated heterocycles. The third-order valence-electron chi connectivity index (χ3n) is 2.07. The number of anilines is 1. The van der Waals surface area contributed by atoms with Gasteiger partial charge in [-0.25, -0.2) is 4.98 Å². The Morgan fingerprint density at radius 3 is 2.50 bits per heavy atom. The van der Waals surface area contributed by atoms with Crippen LogP contribution in [0.2, 0.25) is 0 Å². The molecule has 1 aromatic heterocycles. The number of nitrogens with one attached hydrogen (secondary N) is 1. The van der Waals surface area contributed by atoms with Crippen LogP contribution in [0.1, 0.15) is 13.8 Å². The van der Waals surface area contributed by atoms with Crippen LogP contribution >= 0.6 is 15.9 Å². The van der Waals surface area contributed by atoms with Crippen molar-refractivity contribution in [2.45, 2.75) is 19.9 Å². The Bertz CT molecular complexity index is 444. The average Bonchev–Trinajstić information content (AvgIpc) is 2.20. The second-order valence-corrected chi connectivity index (χ2v) is 6.22. The van der Waals surface area contributed by atoms with Crippen LogP contribution in [-0.2, 0) is 10.2 Å². The number of hydrogen-bond donors (Lipinski definition) is 1. The molecule has 90 valence electrons. The van der Waals surface area contributed by atoms with Crippen molar-refractivity contribution < 1.29 is 8.42 Å². The van der Waals surface area contributed by atoms with Gasteiger partial charge in [0.25, 0.3) is 0 Å². The van der Waals surface area contributed by atoms with Gasteiger partial charge in [0.2, 0.25) is 0 Å². The van der Waals surface area contributed by atoms with Gasteiger partial charge in [0.15, 0.2) is 0 Å². The molecule has 1 N–H and O–H groups in total. The second kappa shape index (κ2) is 5.11. The van der Waals surface area contributed by atoms with Crippen molar-refractivity contribution in [2.24, 2.45) is 0 Å². The van der Waals surface area contributed by atoms with Crippen molar-refractivity contribution in [3.63, 3.8) is 0 Å². The summed E-state index contributed by atoms with van der Waals surface area (Å²) in [7, 11) is -2.00. The van der Waals surface area contributed by atoms with Gasteiger partial charge < -0.3 is 0 Å². The Labute approximate surface area is 104 Å². The molecule has 0 amide bonds. The van der Waals surface area contributed by atoms with Crippen LogP contribution in [0, 0.1) is 0 Å². The highest BCUT2D eigenvalue weighted by Gasteiger charge is 2.20. The number of pyridine rings is 1. The molecule has 0 bridgehead atoms. The Morgan fingerprint density at radius 1 is 1.44 bits per heavy atom. The molecule has 0 aliphatic rings. The van der Waals surface area contributed by atoms with Crippen molar-refractivity contribution in [1.29, 1.82) is 0 Å². The van der Waals surface area contributed by atoms with E-state index in [9.17, 15) is 8.42 Å². The van der Waals surface area contributed by atoms with Crippen LogP contribution in [-0.4, -0.2) is 30.8 Å². The van der Waals surface area contributed by atoms with Crippen LogP contribution in [0.4, 0.5) is 5.82 Å². The number of rotatable bonds is 4. The van der Waals surface area contributed by atoms with Gasteiger partial charge in [-0.15, -0.1) is 0 Å². The van der Waals surface area contributed by atoms with Gasteiger partial charge in [0.1, 0.15) is 5.82 Å². The second-order valence-electron chi connectivity index (χ2n) is 3.58. The third-order valence-corrected chi connectivity index (χ3v) is 4.18. The third kappa shape index (κ3) is 3.43. The van der Waals surface area contributed by atoms with E-state index < -0.39 is 10.2 Å². The van der Waals surface area contributed by atoms with Crippen molar-refractivity contribution in [3.8, 4) is 0 Å². The van der Waals surface area contributed by atoms with E-state index >= 15 is 0 Å². The van der Waals surface area contributed by atoms with Gasteiger partial charge in [-0.2, -0.15) is 12.7 Å². The van der Waals surface area contributed by atoms with E-state index in [-0.39, 0.29) is 6.04 Å². The maximum atomic E-state index is 11.8. The summed E-state index contributed by atoms with van der Waals surface area (Å²) in [6.45, 7) is 3.60. The summed E-state index contributed by atoms with van der Waals surface area (Å²) < 4.78 is 28.0. The highest BCUT2D eigenvalue weighted by atomic mass is 79.9. The average molecular weight is 308 g/mol. The zero-order chi connectivity index (χ0) is 12.3. The van der Waals surface area contributed by atoms with Crippen LogP contribution in [0.25, 0.3) is 0 Å². The van der Waals surface area contributed by atoms with Gasteiger partial charge in [0, 0.05) is 23.8 Å². The largest absolute Gasteiger partial charge is 0.302 e. The Balaban J connectivity index is 2.85. The van der Waals surface area contributed by atoms with Gasteiger partial charge in [-0.3, -0.25) is 4.72 Å². The molecular weight excluding hydrogens is 294 g/mol. The van der Waals surface area contributed by atoms with E-state index in [2.05, 4.69) is 25.6 Å². The van der Waals surface area contributed by atoms with Crippen LogP contribution in [0.3, 0.4) is 0 Å². The molecule has 0 aliphatic carbocycles. The topological polar surface area (TPSA) is 62.3 Å². The minimum atomic E-state index is -3.52. The molecule has 0 aromatic carbocycles. The fourth-order valence-corrected chi connectivity index (χ4v) is 2.24. The Hall–Kier alpha value is -0.660. The molecule has 0 spiro atoms. The minimum absolute atomic E-state index is 0.104. The first kappa shape index (κ1) is 13.4. The molecule has 5 nitrogen and oxygen atoms in total. The number of halogens is 1. The predicted octanol–water partition coefficient (Wildman–Crippen LogP) is 1.84. The van der Waals surface area contributed by atoms with E-state index in [1.165, 1.54) is 17.5 Å². The molecule has 0 fully saturated rings. The summed E-state index contributed by atoms with van der Waals surface area (Å²) in [6.07, 6.45) is 1.53. The lowest BCUT2D eigenvalue weighted by Crippen LogP contribution is -2.37. The molecular formula is C9H14BrN3O2S. The van der Waals surface area contributed by atoms with E-state index in [4.69, 9.17) is 0 Å². The molecule has 0 aliphatic heterocycles. The minimum Gasteiger partial charge on any atom is -0.254 e. The van der Waals surface area contributed by atoms with E-state index in [0.717, 1.165) is 4.47 Å². The van der Waals surface area contributed by atoms with Gasteiger partial charge >= 0.3 is 10.2 Å². The van der Waals surface area contributed by atoms with E-state index in [1.807, 2.05) is 0 Å². The van der Waals surface area contributed by atoms with Gasteiger partial charge in [-0.05, 0) is 41.9 Å². The highest BCUT2D eigenvalue weighted by molar-refractivity contribution is 9.10. The van der Waals surface area contributed by atoms with Crippen molar-refractivity contribution >= 4 is 32.0 Å². The zero-order valence-electron chi connectivity index (χ0n) is 9.31. The molecule has 0 saturated carbocycles. The van der Waals surface area contributed by atoms with Crippen LogP contribution < -0.4 is 4.72 Å². The van der Waals surface area contributed by atoms with E-state index in [0.29, 0.717) is 5.82 Å². The smallest absolute Gasteiger partial charge is 0.254 e. The molecule has 7 heteroatoms. The Kier molecular flexibility index (Phi) is 4.28. The molecule has 1 aromatic rings. The lowest BCUT2D eigenvalue weighted by atomic mass is 10.4. The zero-order valence-corrected chi connectivity index (χ0v) is 11.7. The highest BCUT2D eigenvalue weighted by Crippen LogP contribution is 2.13. The summed E-state index contributed by atoms with van der Waals surface area (Å²) in [5.41, 5.74) is 0. The molecule has 1 heterocycles. The lowest BCUT2D eigenvalue weighted by molar-refractivity contribution is 0.414. The summed E-state index contributed by atoms with van der Waals surface area (Å²) in [6, 6.07) is 3.21. The first-order valence-corrected chi connectivity index (χ1v) is 6.93. The number of nitrogens with zero attached hydrogens (tertiary/aromatic N) is 2. The lowest BCUT2D eigenvalue weighted by Gasteiger charge is -2.21. The maximum Gasteiger partial charge on any atom is 0.302 e. The monoisotopic (exact) mass is 307 g/mol. The normalized spacial score (nSPS) is 12.1.